The lowest BCUT2D eigenvalue weighted by molar-refractivity contribution is -0.545. The van der Waals surface area contributed by atoms with Crippen molar-refractivity contribution in [2.75, 3.05) is 40.3 Å². The number of imide groups is 1. The predicted molar refractivity (Wildman–Crippen MR) is 74.6 cm³/mol. The van der Waals surface area contributed by atoms with Crippen LogP contribution in [-0.4, -0.2) is 83.4 Å². The fourth-order valence-corrected chi connectivity index (χ4v) is 3.18. The van der Waals surface area contributed by atoms with Gasteiger partial charge in [-0.3, -0.25) is 14.3 Å². The van der Waals surface area contributed by atoms with Crippen molar-refractivity contribution in [1.29, 1.82) is 5.26 Å². The van der Waals surface area contributed by atoms with Crippen LogP contribution in [0.2, 0.25) is 0 Å². The van der Waals surface area contributed by atoms with E-state index in [0.29, 0.717) is 5.84 Å². The van der Waals surface area contributed by atoms with Crippen molar-refractivity contribution in [3.63, 3.8) is 0 Å². The Morgan fingerprint density at radius 3 is 2.29 bits per heavy atom. The molecule has 3 rings (SSSR count). The smallest absolute Gasteiger partial charge is 0.293 e. The van der Waals surface area contributed by atoms with E-state index in [4.69, 9.17) is 0 Å². The quantitative estimate of drug-likeness (QED) is 0.613. The largest absolute Gasteiger partial charge is 0.417 e. The first-order valence-electron chi connectivity index (χ1n) is 7.35. The van der Waals surface area contributed by atoms with Gasteiger partial charge in [-0.05, 0) is 12.8 Å². The second kappa shape index (κ2) is 5.11. The third kappa shape index (κ3) is 2.29. The Kier molecular flexibility index (Phi) is 3.41. The van der Waals surface area contributed by atoms with E-state index in [9.17, 15) is 14.9 Å². The maximum atomic E-state index is 12.1. The van der Waals surface area contributed by atoms with Gasteiger partial charge < -0.3 is 0 Å². The Hall–Kier alpha value is -1.94. The van der Waals surface area contributed by atoms with Crippen molar-refractivity contribution in [3.8, 4) is 6.07 Å². The molecule has 1 unspecified atom stereocenters. The van der Waals surface area contributed by atoms with Gasteiger partial charge >= 0.3 is 6.03 Å². The fourth-order valence-electron chi connectivity index (χ4n) is 3.18. The van der Waals surface area contributed by atoms with E-state index in [1.54, 1.807) is 7.05 Å². The summed E-state index contributed by atoms with van der Waals surface area (Å²) in [4.78, 5) is 29.2. The summed E-state index contributed by atoms with van der Waals surface area (Å²) < 4.78 is 2.02. The zero-order valence-corrected chi connectivity index (χ0v) is 12.4. The van der Waals surface area contributed by atoms with Crippen molar-refractivity contribution in [2.45, 2.75) is 18.9 Å². The maximum absolute atomic E-state index is 12.1. The third-order valence-electron chi connectivity index (χ3n) is 4.58. The van der Waals surface area contributed by atoms with E-state index in [2.05, 4.69) is 11.0 Å². The first-order chi connectivity index (χ1) is 10.0. The summed E-state index contributed by atoms with van der Waals surface area (Å²) in [6.07, 6.45) is 2.55. The first kappa shape index (κ1) is 14.0. The van der Waals surface area contributed by atoms with Gasteiger partial charge in [0, 0.05) is 26.2 Å². The molecule has 1 saturated carbocycles. The molecule has 2 aliphatic heterocycles. The standard InChI is InChI=1S/C14H20N5O2/c1-16-12(11(9-15)13(20)17(2)14(16)21)19-7-5-18(6-8-19)10-3-4-10/h10-11H,3-8H2,1-2H3/q+1. The van der Waals surface area contributed by atoms with Gasteiger partial charge in [0.05, 0.1) is 26.2 Å². The molecule has 0 N–H and O–H groups in total. The third-order valence-corrected chi connectivity index (χ3v) is 4.58. The minimum absolute atomic E-state index is 0.369. The summed E-state index contributed by atoms with van der Waals surface area (Å²) in [5, 5.41) is 9.34. The average molecular weight is 290 g/mol. The van der Waals surface area contributed by atoms with Crippen LogP contribution in [0.4, 0.5) is 4.79 Å². The summed E-state index contributed by atoms with van der Waals surface area (Å²) >= 11 is 0. The minimum Gasteiger partial charge on any atom is -0.293 e. The number of rotatable bonds is 1. The normalized spacial score (nSPS) is 28.1. The number of piperazine rings is 1. The Labute approximate surface area is 124 Å². The Morgan fingerprint density at radius 2 is 1.76 bits per heavy atom. The molecule has 0 aromatic carbocycles. The maximum Gasteiger partial charge on any atom is 0.417 e. The molecule has 1 aliphatic carbocycles. The molecule has 3 amide bonds. The average Bonchev–Trinajstić information content (AvgIpc) is 3.33. The van der Waals surface area contributed by atoms with Gasteiger partial charge in [0.2, 0.25) is 5.92 Å². The van der Waals surface area contributed by atoms with Gasteiger partial charge in [-0.1, -0.05) is 0 Å². The summed E-state index contributed by atoms with van der Waals surface area (Å²) in [6.45, 7) is 3.38. The van der Waals surface area contributed by atoms with E-state index >= 15 is 0 Å². The SMILES string of the molecule is CN1C(=O)C(C#N)C(=[N+]2CCN(C3CC3)CC2)N(C)C1=O. The molecule has 0 aromatic rings. The molecule has 21 heavy (non-hydrogen) atoms. The number of carbonyl (C=O) groups is 2. The number of amides is 3. The lowest BCUT2D eigenvalue weighted by Gasteiger charge is -2.33. The summed E-state index contributed by atoms with van der Waals surface area (Å²) in [5.41, 5.74) is 0. The van der Waals surface area contributed by atoms with Crippen LogP contribution in [0.5, 0.6) is 0 Å². The zero-order valence-electron chi connectivity index (χ0n) is 12.4. The molecular weight excluding hydrogens is 270 g/mol. The van der Waals surface area contributed by atoms with Crippen LogP contribution >= 0.6 is 0 Å². The monoisotopic (exact) mass is 290 g/mol. The van der Waals surface area contributed by atoms with Crippen molar-refractivity contribution < 1.29 is 14.2 Å². The summed E-state index contributed by atoms with van der Waals surface area (Å²) in [5.74, 6) is -0.772. The second-order valence-corrected chi connectivity index (χ2v) is 5.91. The molecular formula is C14H20N5O2+. The van der Waals surface area contributed by atoms with E-state index < -0.39 is 11.8 Å². The van der Waals surface area contributed by atoms with Gasteiger partial charge in [-0.15, -0.1) is 0 Å². The Morgan fingerprint density at radius 1 is 1.14 bits per heavy atom. The van der Waals surface area contributed by atoms with E-state index in [-0.39, 0.29) is 6.03 Å². The van der Waals surface area contributed by atoms with Crippen molar-refractivity contribution in [2.24, 2.45) is 5.92 Å². The molecule has 0 aromatic heterocycles. The molecule has 3 fully saturated rings. The molecule has 112 valence electrons. The molecule has 2 heterocycles. The Balaban J connectivity index is 1.87. The molecule has 0 spiro atoms. The molecule has 3 aliphatic rings. The number of amidine groups is 1. The van der Waals surface area contributed by atoms with Gasteiger partial charge in [-0.25, -0.2) is 9.69 Å². The lowest BCUT2D eigenvalue weighted by Crippen LogP contribution is -2.60. The number of hydrogen-bond donors (Lipinski definition) is 0. The topological polar surface area (TPSA) is 70.7 Å². The van der Waals surface area contributed by atoms with Gasteiger partial charge in [0.15, 0.2) is 0 Å². The molecule has 0 radical (unpaired) electrons. The minimum atomic E-state index is -0.884. The number of nitriles is 1. The first-order valence-corrected chi connectivity index (χ1v) is 7.35. The lowest BCUT2D eigenvalue weighted by atomic mass is 10.0. The van der Waals surface area contributed by atoms with Crippen LogP contribution in [0.25, 0.3) is 0 Å². The summed E-state index contributed by atoms with van der Waals surface area (Å²) in [6, 6.07) is 2.41. The van der Waals surface area contributed by atoms with Crippen molar-refractivity contribution in [1.82, 2.24) is 14.7 Å². The Bertz CT molecular complexity index is 550. The van der Waals surface area contributed by atoms with Gasteiger partial charge in [0.1, 0.15) is 0 Å². The fraction of sp³-hybridized carbons (Fsp3) is 0.714. The second-order valence-electron chi connectivity index (χ2n) is 5.91. The number of hydrogen-bond acceptors (Lipinski definition) is 4. The van der Waals surface area contributed by atoms with Crippen molar-refractivity contribution >= 4 is 17.8 Å². The van der Waals surface area contributed by atoms with Crippen LogP contribution in [0, 0.1) is 17.2 Å². The highest BCUT2D eigenvalue weighted by Crippen LogP contribution is 2.27. The summed E-state index contributed by atoms with van der Waals surface area (Å²) in [7, 11) is 3.06. The van der Waals surface area contributed by atoms with Crippen LogP contribution in [0.1, 0.15) is 12.8 Å². The van der Waals surface area contributed by atoms with E-state index in [1.807, 2.05) is 4.58 Å². The van der Waals surface area contributed by atoms with Crippen LogP contribution in [0.15, 0.2) is 0 Å². The zero-order chi connectivity index (χ0) is 15.1. The predicted octanol–water partition coefficient (Wildman–Crippen LogP) is -0.461. The van der Waals surface area contributed by atoms with Crippen LogP contribution < -0.4 is 0 Å². The number of carbonyl (C=O) groups excluding carboxylic acids is 2. The van der Waals surface area contributed by atoms with Crippen molar-refractivity contribution in [3.05, 3.63) is 0 Å². The number of nitrogens with zero attached hydrogens (tertiary/aromatic N) is 5. The molecule has 1 atom stereocenters. The molecule has 2 saturated heterocycles. The van der Waals surface area contributed by atoms with E-state index in [0.717, 1.165) is 37.1 Å². The highest BCUT2D eigenvalue weighted by Gasteiger charge is 2.48. The number of urea groups is 1. The molecule has 7 nitrogen and oxygen atoms in total. The highest BCUT2D eigenvalue weighted by atomic mass is 16.2. The molecule has 7 heteroatoms. The van der Waals surface area contributed by atoms with E-state index in [1.165, 1.54) is 24.8 Å². The van der Waals surface area contributed by atoms with Crippen LogP contribution in [0.3, 0.4) is 0 Å². The van der Waals surface area contributed by atoms with Gasteiger partial charge in [-0.2, -0.15) is 10.2 Å². The van der Waals surface area contributed by atoms with Gasteiger partial charge in [0.25, 0.3) is 11.7 Å². The van der Waals surface area contributed by atoms with Crippen LogP contribution in [-0.2, 0) is 4.79 Å². The molecule has 0 bridgehead atoms. The highest BCUT2D eigenvalue weighted by molar-refractivity contribution is 6.17.